The van der Waals surface area contributed by atoms with Gasteiger partial charge in [-0.1, -0.05) is 11.8 Å². The molecule has 1 atom stereocenters. The molecule has 2 heterocycles. The normalized spacial score (nSPS) is 16.2. The Bertz CT molecular complexity index is 1260. The van der Waals surface area contributed by atoms with E-state index >= 15 is 0 Å². The standard InChI is InChI=1S/C20H24FIN6O2S2/c1-11(2)32(29,30)26-6-3-7-28-19-17(18(23)24-10-25-19)27-20(28)31-16-9-13-12(8-15(16)22)4-5-14(13)21/h8-11,14,26H,3-7H2,1-2H3,(H2,23,24,25). The van der Waals surface area contributed by atoms with Crippen molar-refractivity contribution in [1.82, 2.24) is 24.2 Å². The van der Waals surface area contributed by atoms with Gasteiger partial charge in [0.15, 0.2) is 22.1 Å². The molecule has 3 N–H and O–H groups in total. The highest BCUT2D eigenvalue weighted by Crippen LogP contribution is 2.41. The second-order valence-corrected chi connectivity index (χ2v) is 12.4. The highest BCUT2D eigenvalue weighted by atomic mass is 127. The van der Waals surface area contributed by atoms with Crippen molar-refractivity contribution in [3.05, 3.63) is 33.2 Å². The summed E-state index contributed by atoms with van der Waals surface area (Å²) in [5.41, 5.74) is 8.92. The van der Waals surface area contributed by atoms with E-state index in [1.807, 2.05) is 16.7 Å². The van der Waals surface area contributed by atoms with Gasteiger partial charge >= 0.3 is 0 Å². The average molecular weight is 590 g/mol. The first-order chi connectivity index (χ1) is 15.2. The second-order valence-electron chi connectivity index (χ2n) is 7.91. The van der Waals surface area contributed by atoms with Crippen LogP contribution in [-0.4, -0.2) is 39.7 Å². The predicted octanol–water partition coefficient (Wildman–Crippen LogP) is 3.84. The van der Waals surface area contributed by atoms with E-state index in [0.29, 0.717) is 42.3 Å². The number of anilines is 1. The molecular weight excluding hydrogens is 566 g/mol. The molecular formula is C20H24FIN6O2S2. The first-order valence-electron chi connectivity index (χ1n) is 10.3. The van der Waals surface area contributed by atoms with Crippen LogP contribution in [0.5, 0.6) is 0 Å². The number of nitrogens with two attached hydrogens (primary N) is 1. The molecule has 32 heavy (non-hydrogen) atoms. The number of halogens is 2. The topological polar surface area (TPSA) is 116 Å². The van der Waals surface area contributed by atoms with E-state index in [2.05, 4.69) is 42.3 Å². The van der Waals surface area contributed by atoms with Gasteiger partial charge in [0.05, 0.1) is 5.25 Å². The molecule has 3 aromatic rings. The van der Waals surface area contributed by atoms with Crippen LogP contribution < -0.4 is 10.5 Å². The first kappa shape index (κ1) is 23.6. The lowest BCUT2D eigenvalue weighted by Crippen LogP contribution is -2.31. The molecule has 0 radical (unpaired) electrons. The molecule has 0 amide bonds. The number of sulfonamides is 1. The summed E-state index contributed by atoms with van der Waals surface area (Å²) < 4.78 is 43.9. The number of imidazole rings is 1. The maximum Gasteiger partial charge on any atom is 0.213 e. The number of nitrogen functional groups attached to an aromatic ring is 1. The van der Waals surface area contributed by atoms with Crippen molar-refractivity contribution in [2.24, 2.45) is 0 Å². The van der Waals surface area contributed by atoms with Crippen LogP contribution in [-0.2, 0) is 23.0 Å². The smallest absolute Gasteiger partial charge is 0.213 e. The molecule has 12 heteroatoms. The monoisotopic (exact) mass is 590 g/mol. The predicted molar refractivity (Wildman–Crippen MR) is 132 cm³/mol. The van der Waals surface area contributed by atoms with Gasteiger partial charge in [0.2, 0.25) is 10.0 Å². The minimum atomic E-state index is -3.33. The van der Waals surface area contributed by atoms with Gasteiger partial charge in [0, 0.05) is 21.6 Å². The van der Waals surface area contributed by atoms with Crippen molar-refractivity contribution in [2.75, 3.05) is 12.3 Å². The summed E-state index contributed by atoms with van der Waals surface area (Å²) in [6, 6.07) is 3.95. The lowest BCUT2D eigenvalue weighted by Gasteiger charge is -2.12. The van der Waals surface area contributed by atoms with Crippen LogP contribution in [0.1, 0.15) is 44.0 Å². The van der Waals surface area contributed by atoms with Crippen LogP contribution in [0.4, 0.5) is 10.2 Å². The van der Waals surface area contributed by atoms with Gasteiger partial charge in [-0.05, 0) is 79.0 Å². The van der Waals surface area contributed by atoms with Gasteiger partial charge < -0.3 is 10.3 Å². The van der Waals surface area contributed by atoms with E-state index < -0.39 is 21.4 Å². The van der Waals surface area contributed by atoms with E-state index in [1.165, 1.54) is 18.1 Å². The van der Waals surface area contributed by atoms with Crippen LogP contribution in [0.25, 0.3) is 11.2 Å². The summed E-state index contributed by atoms with van der Waals surface area (Å²) >= 11 is 3.69. The molecule has 0 aliphatic heterocycles. The number of hydrogen-bond donors (Lipinski definition) is 2. The fourth-order valence-electron chi connectivity index (χ4n) is 3.56. The van der Waals surface area contributed by atoms with E-state index in [9.17, 15) is 12.8 Å². The Labute approximate surface area is 204 Å². The number of aromatic nitrogens is 4. The van der Waals surface area contributed by atoms with Crippen molar-refractivity contribution < 1.29 is 12.8 Å². The molecule has 1 aliphatic carbocycles. The molecule has 172 valence electrons. The van der Waals surface area contributed by atoms with Gasteiger partial charge in [-0.25, -0.2) is 32.5 Å². The Morgan fingerprint density at radius 3 is 2.91 bits per heavy atom. The quantitative estimate of drug-likeness (QED) is 0.303. The highest BCUT2D eigenvalue weighted by Gasteiger charge is 2.25. The summed E-state index contributed by atoms with van der Waals surface area (Å²) in [6.07, 6.45) is 2.28. The number of aryl methyl sites for hydroxylation is 2. The molecule has 0 fully saturated rings. The van der Waals surface area contributed by atoms with Gasteiger partial charge in [0.1, 0.15) is 12.5 Å². The minimum absolute atomic E-state index is 0.281. The first-order valence-corrected chi connectivity index (χ1v) is 13.7. The molecule has 0 spiro atoms. The SMILES string of the molecule is CC(C)S(=O)(=O)NCCCn1c(Sc2cc3c(cc2I)CCC3F)nc2c(N)ncnc21. The molecule has 1 unspecified atom stereocenters. The highest BCUT2D eigenvalue weighted by molar-refractivity contribution is 14.1. The molecule has 0 saturated carbocycles. The van der Waals surface area contributed by atoms with E-state index in [0.717, 1.165) is 26.0 Å². The summed E-state index contributed by atoms with van der Waals surface area (Å²) in [7, 11) is -3.33. The zero-order chi connectivity index (χ0) is 23.0. The van der Waals surface area contributed by atoms with Crippen LogP contribution >= 0.6 is 34.4 Å². The number of alkyl halides is 1. The summed E-state index contributed by atoms with van der Waals surface area (Å²) in [4.78, 5) is 13.9. The maximum atomic E-state index is 14.3. The Morgan fingerprint density at radius 1 is 1.38 bits per heavy atom. The zero-order valence-corrected chi connectivity index (χ0v) is 21.5. The third-order valence-electron chi connectivity index (χ3n) is 5.41. The number of benzene rings is 1. The Balaban J connectivity index is 1.62. The third kappa shape index (κ3) is 4.73. The van der Waals surface area contributed by atoms with Crippen LogP contribution in [0.2, 0.25) is 0 Å². The fraction of sp³-hybridized carbons (Fsp3) is 0.450. The van der Waals surface area contributed by atoms with Crippen molar-refractivity contribution >= 4 is 61.4 Å². The summed E-state index contributed by atoms with van der Waals surface area (Å²) in [5, 5.41) is 0.168. The average Bonchev–Trinajstić information content (AvgIpc) is 3.27. The van der Waals surface area contributed by atoms with Crippen LogP contribution in [0.3, 0.4) is 0 Å². The summed E-state index contributed by atoms with van der Waals surface area (Å²) in [6.45, 7) is 4.06. The Morgan fingerprint density at radius 2 is 2.16 bits per heavy atom. The largest absolute Gasteiger partial charge is 0.382 e. The summed E-state index contributed by atoms with van der Waals surface area (Å²) in [5.74, 6) is 0.281. The van der Waals surface area contributed by atoms with Crippen LogP contribution in [0, 0.1) is 3.57 Å². The van der Waals surface area contributed by atoms with Crippen molar-refractivity contribution in [3.63, 3.8) is 0 Å². The van der Waals surface area contributed by atoms with E-state index in [-0.39, 0.29) is 5.82 Å². The number of hydrogen-bond acceptors (Lipinski definition) is 7. The Hall–Kier alpha value is -1.51. The fourth-order valence-corrected chi connectivity index (χ4v) is 6.15. The van der Waals surface area contributed by atoms with E-state index in [1.54, 1.807) is 13.8 Å². The molecule has 0 bridgehead atoms. The number of fused-ring (bicyclic) bond motifs is 2. The van der Waals surface area contributed by atoms with Crippen molar-refractivity contribution in [1.29, 1.82) is 0 Å². The van der Waals surface area contributed by atoms with Gasteiger partial charge in [-0.3, -0.25) is 0 Å². The van der Waals surface area contributed by atoms with E-state index in [4.69, 9.17) is 5.73 Å². The Kier molecular flexibility index (Phi) is 6.94. The molecule has 1 aromatic carbocycles. The molecule has 2 aromatic heterocycles. The molecule has 4 rings (SSSR count). The van der Waals surface area contributed by atoms with Gasteiger partial charge in [-0.2, -0.15) is 0 Å². The molecule has 1 aliphatic rings. The van der Waals surface area contributed by atoms with Crippen LogP contribution in [0.15, 0.2) is 28.5 Å². The second kappa shape index (κ2) is 9.39. The lowest BCUT2D eigenvalue weighted by atomic mass is 10.1. The third-order valence-corrected chi connectivity index (χ3v) is 9.57. The zero-order valence-electron chi connectivity index (χ0n) is 17.7. The number of nitrogens with zero attached hydrogens (tertiary/aromatic N) is 4. The lowest BCUT2D eigenvalue weighted by molar-refractivity contribution is 0.343. The van der Waals surface area contributed by atoms with Gasteiger partial charge in [-0.15, -0.1) is 0 Å². The van der Waals surface area contributed by atoms with Gasteiger partial charge in [0.25, 0.3) is 0 Å². The molecule has 0 saturated heterocycles. The van der Waals surface area contributed by atoms with Crippen molar-refractivity contribution in [3.8, 4) is 0 Å². The number of nitrogens with one attached hydrogen (secondary N) is 1. The van der Waals surface area contributed by atoms with Crippen molar-refractivity contribution in [2.45, 2.75) is 61.1 Å². The number of rotatable bonds is 8. The maximum absolute atomic E-state index is 14.3. The minimum Gasteiger partial charge on any atom is -0.382 e. The molecule has 8 nitrogen and oxygen atoms in total.